The Kier molecular flexibility index (Phi) is 3.30. The highest BCUT2D eigenvalue weighted by molar-refractivity contribution is 7.92. The van der Waals surface area contributed by atoms with Gasteiger partial charge in [-0.2, -0.15) is 0 Å². The molecule has 0 fully saturated rings. The molecule has 0 saturated carbocycles. The van der Waals surface area contributed by atoms with Crippen molar-refractivity contribution in [2.75, 3.05) is 0 Å². The fourth-order valence-corrected chi connectivity index (χ4v) is 4.59. The molecular formula is C14H10O5S2. The van der Waals surface area contributed by atoms with Crippen LogP contribution in [0, 0.1) is 0 Å². The number of thiophene rings is 1. The number of fused-ring (bicyclic) bond motifs is 1. The monoisotopic (exact) mass is 322 g/mol. The fourth-order valence-electron chi connectivity index (χ4n) is 2.12. The van der Waals surface area contributed by atoms with Crippen molar-refractivity contribution >= 4 is 38.1 Å². The average molecular weight is 322 g/mol. The smallest absolute Gasteiger partial charge is 0.372 e. The maximum atomic E-state index is 12.4. The molecule has 2 heterocycles. The summed E-state index contributed by atoms with van der Waals surface area (Å²) in [5, 5.41) is 11.4. The number of carboxylic acid groups (broad SMARTS) is 1. The summed E-state index contributed by atoms with van der Waals surface area (Å²) < 4.78 is 30.2. The number of carboxylic acids is 1. The number of furan rings is 1. The van der Waals surface area contributed by atoms with Crippen LogP contribution >= 0.6 is 11.3 Å². The second-order valence-electron chi connectivity index (χ2n) is 4.40. The van der Waals surface area contributed by atoms with E-state index in [0.717, 1.165) is 11.3 Å². The Morgan fingerprint density at radius 3 is 2.62 bits per heavy atom. The van der Waals surface area contributed by atoms with Crippen LogP contribution in [0.1, 0.15) is 16.1 Å². The van der Waals surface area contributed by atoms with Gasteiger partial charge in [0.05, 0.1) is 5.75 Å². The molecule has 0 bridgehead atoms. The normalized spacial score (nSPS) is 11.8. The van der Waals surface area contributed by atoms with Gasteiger partial charge >= 0.3 is 5.97 Å². The van der Waals surface area contributed by atoms with Crippen LogP contribution in [0.25, 0.3) is 11.0 Å². The Labute approximate surface area is 124 Å². The molecule has 3 rings (SSSR count). The number of hydrogen-bond donors (Lipinski definition) is 1. The van der Waals surface area contributed by atoms with E-state index in [-0.39, 0.29) is 15.5 Å². The topological polar surface area (TPSA) is 84.6 Å². The van der Waals surface area contributed by atoms with Gasteiger partial charge in [0.25, 0.3) is 0 Å². The SMILES string of the molecule is O=C(O)c1oc2ccccc2c1CS(=O)(=O)c1cccs1. The van der Waals surface area contributed by atoms with Gasteiger partial charge in [0, 0.05) is 10.9 Å². The van der Waals surface area contributed by atoms with Crippen molar-refractivity contribution in [3.05, 3.63) is 53.1 Å². The summed E-state index contributed by atoms with van der Waals surface area (Å²) in [7, 11) is -3.59. The molecule has 2 aromatic heterocycles. The molecule has 0 spiro atoms. The zero-order valence-corrected chi connectivity index (χ0v) is 12.3. The van der Waals surface area contributed by atoms with Crippen LogP contribution in [0.4, 0.5) is 0 Å². The van der Waals surface area contributed by atoms with E-state index in [1.54, 1.807) is 35.7 Å². The standard InChI is InChI=1S/C14H10O5S2/c15-14(16)13-10(9-4-1-2-5-11(9)19-13)8-21(17,18)12-6-3-7-20-12/h1-7H,8H2,(H,15,16). The molecule has 7 heteroatoms. The number of sulfone groups is 1. The van der Waals surface area contributed by atoms with Crippen molar-refractivity contribution < 1.29 is 22.7 Å². The first-order valence-electron chi connectivity index (χ1n) is 5.99. The lowest BCUT2D eigenvalue weighted by molar-refractivity contribution is 0.0664. The minimum atomic E-state index is -3.59. The maximum absolute atomic E-state index is 12.4. The molecule has 3 aromatic rings. The minimum Gasteiger partial charge on any atom is -0.475 e. The van der Waals surface area contributed by atoms with E-state index in [0.29, 0.717) is 11.0 Å². The van der Waals surface area contributed by atoms with Crippen molar-refractivity contribution in [3.8, 4) is 0 Å². The summed E-state index contributed by atoms with van der Waals surface area (Å²) in [4.78, 5) is 11.3. The summed E-state index contributed by atoms with van der Waals surface area (Å²) in [5.41, 5.74) is 0.553. The lowest BCUT2D eigenvalue weighted by Crippen LogP contribution is -2.07. The van der Waals surface area contributed by atoms with Crippen molar-refractivity contribution in [2.24, 2.45) is 0 Å². The predicted octanol–water partition coefficient (Wildman–Crippen LogP) is 3.17. The Balaban J connectivity index is 2.16. The molecule has 0 aliphatic heterocycles. The molecule has 0 saturated heterocycles. The lowest BCUT2D eigenvalue weighted by Gasteiger charge is -2.01. The lowest BCUT2D eigenvalue weighted by atomic mass is 10.1. The largest absolute Gasteiger partial charge is 0.475 e. The minimum absolute atomic E-state index is 0.187. The molecule has 1 N–H and O–H groups in total. The zero-order chi connectivity index (χ0) is 15.0. The van der Waals surface area contributed by atoms with Gasteiger partial charge in [-0.25, -0.2) is 13.2 Å². The third kappa shape index (κ3) is 2.45. The molecular weight excluding hydrogens is 312 g/mol. The molecule has 108 valence electrons. The highest BCUT2D eigenvalue weighted by Gasteiger charge is 2.26. The molecule has 1 aromatic carbocycles. The summed E-state index contributed by atoms with van der Waals surface area (Å²) in [5.74, 6) is -1.99. The molecule has 21 heavy (non-hydrogen) atoms. The molecule has 0 radical (unpaired) electrons. The van der Waals surface area contributed by atoms with Gasteiger partial charge in [0.2, 0.25) is 5.76 Å². The Morgan fingerprint density at radius 2 is 1.95 bits per heavy atom. The molecule has 5 nitrogen and oxygen atoms in total. The van der Waals surface area contributed by atoms with Gasteiger partial charge < -0.3 is 9.52 Å². The Hall–Kier alpha value is -2.12. The molecule has 0 aliphatic carbocycles. The molecule has 0 aliphatic rings. The summed E-state index contributed by atoms with van der Waals surface area (Å²) in [6.07, 6.45) is 0. The van der Waals surface area contributed by atoms with Crippen LogP contribution in [0.2, 0.25) is 0 Å². The third-order valence-electron chi connectivity index (χ3n) is 3.03. The number of hydrogen-bond acceptors (Lipinski definition) is 5. The second kappa shape index (κ2) is 5.01. The third-order valence-corrected chi connectivity index (χ3v) is 6.16. The van der Waals surface area contributed by atoms with E-state index in [4.69, 9.17) is 4.42 Å². The molecule has 0 atom stereocenters. The van der Waals surface area contributed by atoms with E-state index in [1.165, 1.54) is 6.07 Å². The van der Waals surface area contributed by atoms with E-state index in [9.17, 15) is 18.3 Å². The van der Waals surface area contributed by atoms with E-state index in [1.807, 2.05) is 0 Å². The number of benzene rings is 1. The van der Waals surface area contributed by atoms with Crippen LogP contribution in [0.5, 0.6) is 0 Å². The first-order valence-corrected chi connectivity index (χ1v) is 8.52. The van der Waals surface area contributed by atoms with Gasteiger partial charge in [-0.15, -0.1) is 11.3 Å². The van der Waals surface area contributed by atoms with Gasteiger partial charge in [0.1, 0.15) is 9.79 Å². The van der Waals surface area contributed by atoms with Gasteiger partial charge in [-0.3, -0.25) is 0 Å². The quantitative estimate of drug-likeness (QED) is 0.797. The van der Waals surface area contributed by atoms with Crippen LogP contribution in [0.15, 0.2) is 50.4 Å². The zero-order valence-electron chi connectivity index (χ0n) is 10.6. The van der Waals surface area contributed by atoms with Gasteiger partial charge in [0.15, 0.2) is 9.84 Å². The summed E-state index contributed by atoms with van der Waals surface area (Å²) >= 11 is 1.11. The van der Waals surface area contributed by atoms with E-state index < -0.39 is 21.6 Å². The first kappa shape index (κ1) is 13.8. The van der Waals surface area contributed by atoms with Crippen molar-refractivity contribution in [1.82, 2.24) is 0 Å². The highest BCUT2D eigenvalue weighted by Crippen LogP contribution is 2.30. The molecule has 0 amide bonds. The number of para-hydroxylation sites is 1. The van der Waals surface area contributed by atoms with Crippen molar-refractivity contribution in [3.63, 3.8) is 0 Å². The Bertz CT molecular complexity index is 904. The van der Waals surface area contributed by atoms with E-state index >= 15 is 0 Å². The number of carbonyl (C=O) groups is 1. The number of rotatable bonds is 4. The summed E-state index contributed by atoms with van der Waals surface area (Å²) in [6.45, 7) is 0. The van der Waals surface area contributed by atoms with Crippen LogP contribution < -0.4 is 0 Å². The second-order valence-corrected chi connectivity index (χ2v) is 7.57. The van der Waals surface area contributed by atoms with Gasteiger partial charge in [-0.05, 0) is 17.5 Å². The van der Waals surface area contributed by atoms with E-state index in [2.05, 4.69) is 0 Å². The average Bonchev–Trinajstić information content (AvgIpc) is 3.07. The van der Waals surface area contributed by atoms with Crippen LogP contribution in [0.3, 0.4) is 0 Å². The van der Waals surface area contributed by atoms with Crippen molar-refractivity contribution in [2.45, 2.75) is 9.96 Å². The number of aromatic carboxylic acids is 1. The first-order chi connectivity index (χ1) is 9.99. The molecule has 0 unspecified atom stereocenters. The fraction of sp³-hybridized carbons (Fsp3) is 0.0714. The van der Waals surface area contributed by atoms with Crippen LogP contribution in [-0.2, 0) is 15.6 Å². The van der Waals surface area contributed by atoms with Gasteiger partial charge in [-0.1, -0.05) is 24.3 Å². The Morgan fingerprint density at radius 1 is 1.19 bits per heavy atom. The maximum Gasteiger partial charge on any atom is 0.372 e. The highest BCUT2D eigenvalue weighted by atomic mass is 32.2. The van der Waals surface area contributed by atoms with Crippen molar-refractivity contribution in [1.29, 1.82) is 0 Å². The predicted molar refractivity (Wildman–Crippen MR) is 78.4 cm³/mol. The van der Waals surface area contributed by atoms with Crippen LogP contribution in [-0.4, -0.2) is 19.5 Å². The summed E-state index contributed by atoms with van der Waals surface area (Å²) in [6, 6.07) is 9.83.